The highest BCUT2D eigenvalue weighted by Gasteiger charge is 2.27. The summed E-state index contributed by atoms with van der Waals surface area (Å²) in [4.78, 5) is 15.0. The van der Waals surface area contributed by atoms with Crippen LogP contribution in [-0.4, -0.2) is 25.1 Å². The van der Waals surface area contributed by atoms with Crippen molar-refractivity contribution in [3.05, 3.63) is 48.0 Å². The molecule has 26 heavy (non-hydrogen) atoms. The van der Waals surface area contributed by atoms with Gasteiger partial charge in [-0.2, -0.15) is 0 Å². The maximum atomic E-state index is 12.8. The van der Waals surface area contributed by atoms with Gasteiger partial charge in [0, 0.05) is 17.9 Å². The van der Waals surface area contributed by atoms with Crippen molar-refractivity contribution in [3.63, 3.8) is 0 Å². The number of carbonyl (C=O) groups is 1. The van der Waals surface area contributed by atoms with Gasteiger partial charge in [-0.3, -0.25) is 4.79 Å². The van der Waals surface area contributed by atoms with Gasteiger partial charge in [0.25, 0.3) is 0 Å². The molecular formula is C20H26ClN3O2. The largest absolute Gasteiger partial charge is 0.492 e. The van der Waals surface area contributed by atoms with Gasteiger partial charge in [-0.05, 0) is 56.5 Å². The number of benzene rings is 2. The Morgan fingerprint density at radius 1 is 1.27 bits per heavy atom. The molecule has 0 radical (unpaired) electrons. The fraction of sp³-hybridized carbons (Fsp3) is 0.350. The van der Waals surface area contributed by atoms with Crippen molar-refractivity contribution in [2.45, 2.75) is 32.7 Å². The van der Waals surface area contributed by atoms with Crippen LogP contribution in [0.15, 0.2) is 42.5 Å². The van der Waals surface area contributed by atoms with Gasteiger partial charge >= 0.3 is 0 Å². The summed E-state index contributed by atoms with van der Waals surface area (Å²) in [6.07, 6.45) is 1.95. The SMILES string of the molecule is CCOc1ccccc1NC(=O)C(C)N1CCCc2c(N)cccc21.Cl. The van der Waals surface area contributed by atoms with Crippen LogP contribution in [0.25, 0.3) is 0 Å². The number of halogens is 1. The zero-order valence-corrected chi connectivity index (χ0v) is 16.0. The fourth-order valence-corrected chi connectivity index (χ4v) is 3.31. The third-order valence-electron chi connectivity index (χ3n) is 4.61. The van der Waals surface area contributed by atoms with Crippen LogP contribution >= 0.6 is 12.4 Å². The van der Waals surface area contributed by atoms with Crippen molar-refractivity contribution in [2.75, 3.05) is 29.1 Å². The molecule has 0 fully saturated rings. The molecule has 3 rings (SSSR count). The van der Waals surface area contributed by atoms with E-state index in [-0.39, 0.29) is 24.4 Å². The molecule has 2 aromatic rings. The van der Waals surface area contributed by atoms with E-state index in [1.807, 2.05) is 56.3 Å². The van der Waals surface area contributed by atoms with Crippen molar-refractivity contribution < 1.29 is 9.53 Å². The Balaban J connectivity index is 0.00000243. The molecule has 1 atom stereocenters. The van der Waals surface area contributed by atoms with Crippen LogP contribution in [-0.2, 0) is 11.2 Å². The molecule has 1 aliphatic rings. The first-order valence-electron chi connectivity index (χ1n) is 8.78. The van der Waals surface area contributed by atoms with E-state index in [0.717, 1.165) is 36.3 Å². The summed E-state index contributed by atoms with van der Waals surface area (Å²) in [5, 5.41) is 3.00. The fourth-order valence-electron chi connectivity index (χ4n) is 3.31. The first-order chi connectivity index (χ1) is 12.1. The molecular weight excluding hydrogens is 350 g/mol. The van der Waals surface area contributed by atoms with Crippen LogP contribution in [0.4, 0.5) is 17.1 Å². The molecule has 3 N–H and O–H groups in total. The lowest BCUT2D eigenvalue weighted by Gasteiger charge is -2.36. The standard InChI is InChI=1S/C20H25N3O2.ClH/c1-3-25-19-12-5-4-10-17(19)22-20(24)14(2)23-13-7-8-15-16(21)9-6-11-18(15)23;/h4-6,9-12,14H,3,7-8,13,21H2,1-2H3,(H,22,24);1H. The Hall–Kier alpha value is -2.40. The van der Waals surface area contributed by atoms with E-state index in [1.54, 1.807) is 0 Å². The highest BCUT2D eigenvalue weighted by Crippen LogP contribution is 2.33. The van der Waals surface area contributed by atoms with Gasteiger partial charge in [-0.15, -0.1) is 12.4 Å². The number of nitrogens with zero attached hydrogens (tertiary/aromatic N) is 1. The van der Waals surface area contributed by atoms with Gasteiger partial charge in [-0.1, -0.05) is 18.2 Å². The summed E-state index contributed by atoms with van der Waals surface area (Å²) >= 11 is 0. The predicted molar refractivity (Wildman–Crippen MR) is 109 cm³/mol. The Labute approximate surface area is 160 Å². The molecule has 0 aromatic heterocycles. The number of hydrogen-bond donors (Lipinski definition) is 2. The van der Waals surface area contributed by atoms with E-state index >= 15 is 0 Å². The molecule has 1 amide bonds. The minimum absolute atomic E-state index is 0. The maximum absolute atomic E-state index is 12.8. The van der Waals surface area contributed by atoms with Crippen LogP contribution in [0.2, 0.25) is 0 Å². The number of nitrogens with one attached hydrogen (secondary N) is 1. The minimum atomic E-state index is -0.296. The molecule has 140 valence electrons. The van der Waals surface area contributed by atoms with Gasteiger partial charge in [0.2, 0.25) is 5.91 Å². The van der Waals surface area contributed by atoms with E-state index in [9.17, 15) is 4.79 Å². The second-order valence-electron chi connectivity index (χ2n) is 6.24. The number of para-hydroxylation sites is 2. The lowest BCUT2D eigenvalue weighted by atomic mass is 9.98. The lowest BCUT2D eigenvalue weighted by Crippen LogP contribution is -2.44. The highest BCUT2D eigenvalue weighted by molar-refractivity contribution is 5.98. The zero-order chi connectivity index (χ0) is 17.8. The van der Waals surface area contributed by atoms with Crippen molar-refractivity contribution in [3.8, 4) is 5.75 Å². The quantitative estimate of drug-likeness (QED) is 0.778. The molecule has 0 bridgehead atoms. The third kappa shape index (κ3) is 4.05. The topological polar surface area (TPSA) is 67.6 Å². The summed E-state index contributed by atoms with van der Waals surface area (Å²) in [5.74, 6) is 0.635. The molecule has 0 saturated heterocycles. The van der Waals surface area contributed by atoms with Gasteiger partial charge in [0.15, 0.2) is 0 Å². The number of amides is 1. The molecule has 0 saturated carbocycles. The van der Waals surface area contributed by atoms with Gasteiger partial charge < -0.3 is 20.7 Å². The van der Waals surface area contributed by atoms with E-state index in [1.165, 1.54) is 0 Å². The van der Waals surface area contributed by atoms with Gasteiger partial charge in [0.05, 0.1) is 12.3 Å². The Bertz CT molecular complexity index is 766. The number of ether oxygens (including phenoxy) is 1. The Kier molecular flexibility index (Phi) is 6.75. The molecule has 0 aliphatic carbocycles. The monoisotopic (exact) mass is 375 g/mol. The van der Waals surface area contributed by atoms with Crippen LogP contribution in [0.1, 0.15) is 25.8 Å². The average Bonchev–Trinajstić information content (AvgIpc) is 2.63. The minimum Gasteiger partial charge on any atom is -0.492 e. The number of anilines is 3. The summed E-state index contributed by atoms with van der Waals surface area (Å²) in [5.41, 5.74) is 9.82. The van der Waals surface area contributed by atoms with Crippen LogP contribution < -0.4 is 20.7 Å². The summed E-state index contributed by atoms with van der Waals surface area (Å²) in [7, 11) is 0. The summed E-state index contributed by atoms with van der Waals surface area (Å²) in [6.45, 7) is 5.26. The Morgan fingerprint density at radius 2 is 2.04 bits per heavy atom. The first-order valence-corrected chi connectivity index (χ1v) is 8.78. The predicted octanol–water partition coefficient (Wildman–Crippen LogP) is 3.87. The van der Waals surface area contributed by atoms with E-state index in [2.05, 4.69) is 10.2 Å². The van der Waals surface area contributed by atoms with Crippen molar-refractivity contribution in [1.82, 2.24) is 0 Å². The van der Waals surface area contributed by atoms with Crippen LogP contribution in [0.5, 0.6) is 5.75 Å². The number of nitrogen functional groups attached to an aromatic ring is 1. The second kappa shape index (κ2) is 8.81. The molecule has 1 unspecified atom stereocenters. The van der Waals surface area contributed by atoms with Gasteiger partial charge in [0.1, 0.15) is 11.8 Å². The van der Waals surface area contributed by atoms with Crippen LogP contribution in [0, 0.1) is 0 Å². The van der Waals surface area contributed by atoms with E-state index in [0.29, 0.717) is 18.0 Å². The first kappa shape index (κ1) is 19.9. The second-order valence-corrected chi connectivity index (χ2v) is 6.24. The molecule has 1 aliphatic heterocycles. The highest BCUT2D eigenvalue weighted by atomic mass is 35.5. The molecule has 0 spiro atoms. The van der Waals surface area contributed by atoms with E-state index in [4.69, 9.17) is 10.5 Å². The number of hydrogen-bond acceptors (Lipinski definition) is 4. The lowest BCUT2D eigenvalue weighted by molar-refractivity contribution is -0.117. The summed E-state index contributed by atoms with van der Waals surface area (Å²) < 4.78 is 5.59. The maximum Gasteiger partial charge on any atom is 0.246 e. The van der Waals surface area contributed by atoms with Crippen molar-refractivity contribution >= 4 is 35.4 Å². The molecule has 1 heterocycles. The molecule has 2 aromatic carbocycles. The summed E-state index contributed by atoms with van der Waals surface area (Å²) in [6, 6.07) is 13.1. The number of nitrogens with two attached hydrogens (primary N) is 1. The number of rotatable bonds is 5. The zero-order valence-electron chi connectivity index (χ0n) is 15.2. The van der Waals surface area contributed by atoms with Crippen molar-refractivity contribution in [1.29, 1.82) is 0 Å². The Morgan fingerprint density at radius 3 is 2.81 bits per heavy atom. The van der Waals surface area contributed by atoms with E-state index < -0.39 is 0 Å². The molecule has 6 heteroatoms. The normalized spacial score (nSPS) is 14.0. The van der Waals surface area contributed by atoms with Crippen LogP contribution in [0.3, 0.4) is 0 Å². The van der Waals surface area contributed by atoms with Gasteiger partial charge in [-0.25, -0.2) is 0 Å². The third-order valence-corrected chi connectivity index (χ3v) is 4.61. The number of carbonyl (C=O) groups excluding carboxylic acids is 1. The average molecular weight is 376 g/mol. The molecule has 5 nitrogen and oxygen atoms in total. The van der Waals surface area contributed by atoms with Crippen molar-refractivity contribution in [2.24, 2.45) is 0 Å². The smallest absolute Gasteiger partial charge is 0.246 e. The number of fused-ring (bicyclic) bond motifs is 1.